The van der Waals surface area contributed by atoms with Crippen molar-refractivity contribution in [2.45, 2.75) is 131 Å². The number of thioether (sulfide) groups is 1. The number of rotatable bonds is 8. The molecule has 0 bridgehead atoms. The van der Waals surface area contributed by atoms with Gasteiger partial charge in [-0.2, -0.15) is 0 Å². The zero-order valence-electron chi connectivity index (χ0n) is 30.4. The fourth-order valence-corrected chi connectivity index (χ4v) is 12.5. The molecule has 45 heavy (non-hydrogen) atoms. The van der Waals surface area contributed by atoms with E-state index >= 15 is 0 Å². The first-order chi connectivity index (χ1) is 20.8. The Morgan fingerprint density at radius 3 is 2.27 bits per heavy atom. The van der Waals surface area contributed by atoms with Crippen LogP contribution >= 0.6 is 11.8 Å². The summed E-state index contributed by atoms with van der Waals surface area (Å²) >= 11 is 2.03. The lowest BCUT2D eigenvalue weighted by molar-refractivity contribution is -0.169. The van der Waals surface area contributed by atoms with Gasteiger partial charge in [0.25, 0.3) is 0 Å². The van der Waals surface area contributed by atoms with Crippen molar-refractivity contribution in [3.8, 4) is 0 Å². The van der Waals surface area contributed by atoms with Gasteiger partial charge in [0.2, 0.25) is 0 Å². The van der Waals surface area contributed by atoms with Crippen molar-refractivity contribution in [3.05, 3.63) is 34.3 Å². The average molecular weight is 640 g/mol. The highest BCUT2D eigenvalue weighted by Crippen LogP contribution is 2.76. The molecule has 2 unspecified atom stereocenters. The van der Waals surface area contributed by atoms with Gasteiger partial charge in [0.05, 0.1) is 0 Å². The van der Waals surface area contributed by atoms with Crippen molar-refractivity contribution in [2.75, 3.05) is 27.2 Å². The van der Waals surface area contributed by atoms with Gasteiger partial charge < -0.3 is 14.4 Å². The van der Waals surface area contributed by atoms with Crippen LogP contribution in [0, 0.1) is 38.9 Å². The van der Waals surface area contributed by atoms with E-state index in [2.05, 4.69) is 80.5 Å². The molecule has 3 fully saturated rings. The molecule has 0 radical (unpaired) electrons. The molecule has 8 atom stereocenters. The van der Waals surface area contributed by atoms with Crippen molar-refractivity contribution in [3.63, 3.8) is 0 Å². The number of nitrogens with zero attached hydrogens (tertiary/aromatic N) is 1. The van der Waals surface area contributed by atoms with Crippen LogP contribution in [0.15, 0.2) is 34.3 Å². The van der Waals surface area contributed by atoms with Gasteiger partial charge in [-0.05, 0) is 128 Å². The maximum atomic E-state index is 12.4. The quantitative estimate of drug-likeness (QED) is 0.195. The molecular formula is C39H61NO4S. The van der Waals surface area contributed by atoms with Crippen molar-refractivity contribution < 1.29 is 19.1 Å². The molecule has 3 saturated carbocycles. The lowest BCUT2D eigenvalue weighted by Gasteiger charge is -2.71. The Morgan fingerprint density at radius 1 is 1.00 bits per heavy atom. The number of carbonyl (C=O) groups excluding carboxylic acids is 2. The molecule has 5 rings (SSSR count). The lowest BCUT2D eigenvalue weighted by Crippen LogP contribution is -2.63. The molecule has 0 heterocycles. The first-order valence-electron chi connectivity index (χ1n) is 17.6. The van der Waals surface area contributed by atoms with Crippen molar-refractivity contribution in [1.29, 1.82) is 0 Å². The molecule has 0 amide bonds. The molecule has 0 aromatic carbocycles. The van der Waals surface area contributed by atoms with Gasteiger partial charge in [0.15, 0.2) is 17.3 Å². The Kier molecular flexibility index (Phi) is 9.17. The molecule has 0 aromatic heterocycles. The summed E-state index contributed by atoms with van der Waals surface area (Å²) < 4.78 is 12.1. The second-order valence-corrected chi connectivity index (χ2v) is 19.2. The molecule has 5 nitrogen and oxygen atoms in total. The third kappa shape index (κ3) is 5.80. The van der Waals surface area contributed by atoms with Crippen LogP contribution in [-0.4, -0.2) is 54.4 Å². The standard InChI is InChI=1S/C39H61NO4S/c1-24(2)45-30-20-31-37(8,28-19-29(44-27(5)42)34(26(4)33(28)30)43-22-25(3)41)16-18-39(10)32-21-35(6,23-40(11)12)13-14-36(32,7)15-17-38(31,39)9/h20,24,28,30,32H,13-19,21-23H2,1-12H3/t28?,30?,32-,35-,36-,37+,38-,39+/m1/s1. The Labute approximate surface area is 278 Å². The van der Waals surface area contributed by atoms with Gasteiger partial charge >= 0.3 is 5.97 Å². The maximum Gasteiger partial charge on any atom is 0.307 e. The number of Topliss-reactive ketones (excluding diaryl/α,β-unsaturated/α-hetero) is 1. The fraction of sp³-hybridized carbons (Fsp3) is 0.795. The van der Waals surface area contributed by atoms with Crippen LogP contribution in [0.4, 0.5) is 0 Å². The van der Waals surface area contributed by atoms with Crippen molar-refractivity contribution in [1.82, 2.24) is 4.90 Å². The van der Waals surface area contributed by atoms with E-state index in [4.69, 9.17) is 9.47 Å². The van der Waals surface area contributed by atoms with E-state index in [-0.39, 0.29) is 45.8 Å². The highest BCUT2D eigenvalue weighted by Gasteiger charge is 2.68. The van der Waals surface area contributed by atoms with Gasteiger partial charge in [0, 0.05) is 25.1 Å². The molecule has 0 spiro atoms. The molecule has 0 aliphatic heterocycles. The summed E-state index contributed by atoms with van der Waals surface area (Å²) in [5, 5.41) is 0.686. The third-order valence-corrected chi connectivity index (χ3v) is 14.7. The number of ketones is 1. The first-order valence-corrected chi connectivity index (χ1v) is 18.5. The number of esters is 1. The smallest absolute Gasteiger partial charge is 0.307 e. The molecule has 6 heteroatoms. The van der Waals surface area contributed by atoms with Gasteiger partial charge in [-0.1, -0.05) is 60.1 Å². The van der Waals surface area contributed by atoms with Gasteiger partial charge in [0.1, 0.15) is 6.61 Å². The number of allylic oxidation sites excluding steroid dienone is 3. The summed E-state index contributed by atoms with van der Waals surface area (Å²) in [6, 6.07) is 0. The normalized spacial score (nSPS) is 41.2. The minimum Gasteiger partial charge on any atom is -0.482 e. The zero-order chi connectivity index (χ0) is 33.3. The molecular weight excluding hydrogens is 578 g/mol. The molecule has 5 aliphatic carbocycles. The van der Waals surface area contributed by atoms with E-state index in [1.807, 2.05) is 11.8 Å². The fourth-order valence-electron chi connectivity index (χ4n) is 11.2. The van der Waals surface area contributed by atoms with Crippen LogP contribution in [0.1, 0.15) is 121 Å². The van der Waals surface area contributed by atoms with Crippen LogP contribution in [0.2, 0.25) is 0 Å². The van der Waals surface area contributed by atoms with Gasteiger partial charge in [-0.3, -0.25) is 9.59 Å². The van der Waals surface area contributed by atoms with Crippen LogP contribution in [0.25, 0.3) is 0 Å². The van der Waals surface area contributed by atoms with Crippen LogP contribution in [0.3, 0.4) is 0 Å². The van der Waals surface area contributed by atoms with E-state index in [9.17, 15) is 9.59 Å². The molecule has 0 N–H and O–H groups in total. The predicted molar refractivity (Wildman–Crippen MR) is 186 cm³/mol. The first kappa shape index (κ1) is 34.8. The molecule has 0 aromatic rings. The Hall–Kier alpha value is -1.53. The molecule has 252 valence electrons. The summed E-state index contributed by atoms with van der Waals surface area (Å²) in [6.45, 7) is 23.9. The number of ether oxygens (including phenoxy) is 2. The van der Waals surface area contributed by atoms with E-state index in [0.29, 0.717) is 39.9 Å². The molecule has 0 saturated heterocycles. The minimum atomic E-state index is -0.331. The highest BCUT2D eigenvalue weighted by molar-refractivity contribution is 8.00. The largest absolute Gasteiger partial charge is 0.482 e. The van der Waals surface area contributed by atoms with E-state index < -0.39 is 0 Å². The summed E-state index contributed by atoms with van der Waals surface area (Å²) in [5.41, 5.74) is 5.18. The number of hydrogen-bond acceptors (Lipinski definition) is 6. The van der Waals surface area contributed by atoms with Crippen LogP contribution < -0.4 is 0 Å². The number of hydrogen-bond donors (Lipinski definition) is 0. The van der Waals surface area contributed by atoms with Gasteiger partial charge in [-0.15, -0.1) is 11.8 Å². The van der Waals surface area contributed by atoms with Crippen LogP contribution in [-0.2, 0) is 19.1 Å². The Bertz CT molecular complexity index is 1330. The highest BCUT2D eigenvalue weighted by atomic mass is 32.2. The maximum absolute atomic E-state index is 12.4. The summed E-state index contributed by atoms with van der Waals surface area (Å²) in [4.78, 5) is 26.8. The van der Waals surface area contributed by atoms with E-state index in [1.165, 1.54) is 51.0 Å². The Morgan fingerprint density at radius 2 is 1.67 bits per heavy atom. The van der Waals surface area contributed by atoms with Crippen LogP contribution in [0.5, 0.6) is 0 Å². The minimum absolute atomic E-state index is 0.0148. The second-order valence-electron chi connectivity index (χ2n) is 17.5. The van der Waals surface area contributed by atoms with Crippen molar-refractivity contribution in [2.24, 2.45) is 38.9 Å². The summed E-state index contributed by atoms with van der Waals surface area (Å²) in [6.07, 6.45) is 12.2. The van der Waals surface area contributed by atoms with Crippen molar-refractivity contribution >= 4 is 23.5 Å². The average Bonchev–Trinajstić information content (AvgIpc) is 2.91. The van der Waals surface area contributed by atoms with E-state index in [0.717, 1.165) is 18.5 Å². The molecule has 5 aliphatic rings. The Balaban J connectivity index is 1.64. The number of fused-ring (bicyclic) bond motifs is 7. The summed E-state index contributed by atoms with van der Waals surface area (Å²) in [5.74, 6) is 1.76. The van der Waals surface area contributed by atoms with Gasteiger partial charge in [-0.25, -0.2) is 0 Å². The number of carbonyl (C=O) groups is 2. The third-order valence-electron chi connectivity index (χ3n) is 13.4. The SMILES string of the molecule is CC(=O)COC1=C(OC(C)=O)CC2C(=C1C)C(SC(C)C)C=C1[C@@]2(C)CC[C@@]2(C)[C@@H]3C[C@](C)(CN(C)C)CC[C@]3(C)CC[C@]12C. The second kappa shape index (κ2) is 11.9. The lowest BCUT2D eigenvalue weighted by atomic mass is 9.34. The monoisotopic (exact) mass is 639 g/mol. The topological polar surface area (TPSA) is 55.8 Å². The zero-order valence-corrected chi connectivity index (χ0v) is 31.3. The predicted octanol–water partition coefficient (Wildman–Crippen LogP) is 9.13. The van der Waals surface area contributed by atoms with E-state index in [1.54, 1.807) is 12.5 Å². The summed E-state index contributed by atoms with van der Waals surface area (Å²) in [7, 11) is 4.48.